The number of rotatable bonds is 10. The monoisotopic (exact) mass is 495 g/mol. The number of aliphatic hydroxyl groups excluding tert-OH is 1. The van der Waals surface area contributed by atoms with Crippen LogP contribution in [-0.4, -0.2) is 35.4 Å². The van der Waals surface area contributed by atoms with Crippen molar-refractivity contribution in [1.29, 1.82) is 0 Å². The topological polar surface area (TPSA) is 78.8 Å². The molecule has 1 fully saturated rings. The highest BCUT2D eigenvalue weighted by Crippen LogP contribution is 2.31. The van der Waals surface area contributed by atoms with Crippen molar-refractivity contribution >= 4 is 18.4 Å². The third-order valence-electron chi connectivity index (χ3n) is 6.46. The molecular weight excluding hydrogens is 462 g/mol. The molecule has 1 aliphatic carbocycles. The molecule has 0 heterocycles. The van der Waals surface area contributed by atoms with Crippen molar-refractivity contribution in [2.24, 2.45) is 0 Å². The molecule has 0 unspecified atom stereocenters. The van der Waals surface area contributed by atoms with Gasteiger partial charge in [0, 0.05) is 6.54 Å². The Kier molecular flexibility index (Phi) is 10.2. The largest absolute Gasteiger partial charge is 0.490 e. The van der Waals surface area contributed by atoms with Crippen molar-refractivity contribution in [3.05, 3.63) is 89.5 Å². The number of nitrogens with one attached hydrogen (secondary N) is 1. The molecule has 1 aliphatic rings. The molecule has 0 aromatic heterocycles. The first-order valence-electron chi connectivity index (χ1n) is 12.2. The molecular formula is C29H34ClNO4. The van der Waals surface area contributed by atoms with Crippen molar-refractivity contribution in [1.82, 2.24) is 5.32 Å². The standard InChI is InChI=1S/C29H33NO4.ClH/c31-27(23-7-3-1-4-8-23)20-30-18-17-21-11-13-22(14-12-21)24-15-16-26(29(32)33)28(19-24)34-25-9-5-2-6-10-25;/h1,3-4,7-8,11-16,19,25,27,30-31H,2,5-6,9-10,17-18,20H2,(H,32,33);1H/t27-;/m0./s1. The summed E-state index contributed by atoms with van der Waals surface area (Å²) >= 11 is 0. The molecule has 0 spiro atoms. The average molecular weight is 496 g/mol. The first-order valence-corrected chi connectivity index (χ1v) is 12.2. The number of carboxylic acids is 1. The maximum absolute atomic E-state index is 11.7. The van der Waals surface area contributed by atoms with E-state index in [1.807, 2.05) is 42.5 Å². The minimum Gasteiger partial charge on any atom is -0.490 e. The third-order valence-corrected chi connectivity index (χ3v) is 6.46. The number of ether oxygens (including phenoxy) is 1. The molecule has 1 saturated carbocycles. The lowest BCUT2D eigenvalue weighted by atomic mass is 9.97. The Morgan fingerprint density at radius 2 is 1.63 bits per heavy atom. The fourth-order valence-corrected chi connectivity index (χ4v) is 4.47. The fourth-order valence-electron chi connectivity index (χ4n) is 4.47. The maximum Gasteiger partial charge on any atom is 0.339 e. The van der Waals surface area contributed by atoms with Gasteiger partial charge in [0.15, 0.2) is 0 Å². The number of aromatic carboxylic acids is 1. The van der Waals surface area contributed by atoms with Crippen LogP contribution < -0.4 is 10.1 Å². The van der Waals surface area contributed by atoms with Crippen LogP contribution in [0.3, 0.4) is 0 Å². The third kappa shape index (κ3) is 7.56. The lowest BCUT2D eigenvalue weighted by Crippen LogP contribution is -2.23. The van der Waals surface area contributed by atoms with Gasteiger partial charge in [-0.15, -0.1) is 12.4 Å². The number of carboxylic acid groups (broad SMARTS) is 1. The van der Waals surface area contributed by atoms with Gasteiger partial charge in [-0.3, -0.25) is 0 Å². The van der Waals surface area contributed by atoms with E-state index in [9.17, 15) is 15.0 Å². The normalized spacial score (nSPS) is 14.7. The Labute approximate surface area is 213 Å². The summed E-state index contributed by atoms with van der Waals surface area (Å²) in [6.45, 7) is 1.29. The average Bonchev–Trinajstić information content (AvgIpc) is 2.88. The lowest BCUT2D eigenvalue weighted by Gasteiger charge is -2.24. The van der Waals surface area contributed by atoms with Crippen molar-refractivity contribution < 1.29 is 19.7 Å². The Morgan fingerprint density at radius 3 is 2.31 bits per heavy atom. The molecule has 6 heteroatoms. The van der Waals surface area contributed by atoms with Gasteiger partial charge in [-0.2, -0.15) is 0 Å². The molecule has 0 bridgehead atoms. The van der Waals surface area contributed by atoms with Gasteiger partial charge in [0.2, 0.25) is 0 Å². The van der Waals surface area contributed by atoms with Gasteiger partial charge in [0.25, 0.3) is 0 Å². The smallest absolute Gasteiger partial charge is 0.339 e. The summed E-state index contributed by atoms with van der Waals surface area (Å²) in [5, 5.41) is 23.2. The molecule has 5 nitrogen and oxygen atoms in total. The lowest BCUT2D eigenvalue weighted by molar-refractivity contribution is 0.0686. The van der Waals surface area contributed by atoms with Crippen LogP contribution in [0.25, 0.3) is 11.1 Å². The zero-order valence-corrected chi connectivity index (χ0v) is 20.7. The van der Waals surface area contributed by atoms with Crippen LogP contribution in [0, 0.1) is 0 Å². The van der Waals surface area contributed by atoms with Crippen molar-refractivity contribution in [3.63, 3.8) is 0 Å². The van der Waals surface area contributed by atoms with Crippen LogP contribution in [0.1, 0.15) is 59.7 Å². The van der Waals surface area contributed by atoms with Gasteiger partial charge in [-0.05, 0) is 73.0 Å². The van der Waals surface area contributed by atoms with Gasteiger partial charge in [-0.25, -0.2) is 4.79 Å². The van der Waals surface area contributed by atoms with Crippen LogP contribution in [0.4, 0.5) is 0 Å². The van der Waals surface area contributed by atoms with E-state index in [2.05, 4.69) is 29.6 Å². The second kappa shape index (κ2) is 13.3. The Balaban J connectivity index is 0.00000342. The first-order chi connectivity index (χ1) is 16.6. The van der Waals surface area contributed by atoms with E-state index in [4.69, 9.17) is 4.74 Å². The molecule has 0 saturated heterocycles. The second-order valence-electron chi connectivity index (χ2n) is 8.97. The molecule has 35 heavy (non-hydrogen) atoms. The zero-order valence-electron chi connectivity index (χ0n) is 19.9. The number of carbonyl (C=O) groups is 1. The van der Waals surface area contributed by atoms with E-state index in [0.29, 0.717) is 12.3 Å². The predicted octanol–water partition coefficient (Wildman–Crippen LogP) is 6.05. The van der Waals surface area contributed by atoms with E-state index in [0.717, 1.165) is 55.3 Å². The van der Waals surface area contributed by atoms with Gasteiger partial charge in [0.05, 0.1) is 12.2 Å². The molecule has 0 aliphatic heterocycles. The van der Waals surface area contributed by atoms with Gasteiger partial charge in [-0.1, -0.05) is 67.1 Å². The summed E-state index contributed by atoms with van der Waals surface area (Å²) in [5.41, 5.74) is 4.31. The molecule has 3 N–H and O–H groups in total. The SMILES string of the molecule is Cl.O=C(O)c1ccc(-c2ccc(CCNC[C@H](O)c3ccccc3)cc2)cc1OC1CCCCC1. The summed E-state index contributed by atoms with van der Waals surface area (Å²) in [7, 11) is 0. The second-order valence-corrected chi connectivity index (χ2v) is 8.97. The van der Waals surface area contributed by atoms with E-state index >= 15 is 0 Å². The Hall–Kier alpha value is -2.86. The van der Waals surface area contributed by atoms with Crippen LogP contribution in [0.2, 0.25) is 0 Å². The number of hydrogen-bond donors (Lipinski definition) is 3. The molecule has 4 rings (SSSR count). The maximum atomic E-state index is 11.7. The zero-order chi connectivity index (χ0) is 23.8. The minimum absolute atomic E-state index is 0. The van der Waals surface area contributed by atoms with Gasteiger partial charge in [0.1, 0.15) is 11.3 Å². The molecule has 3 aromatic carbocycles. The van der Waals surface area contributed by atoms with E-state index in [-0.39, 0.29) is 24.1 Å². The first kappa shape index (κ1) is 26.7. The van der Waals surface area contributed by atoms with Gasteiger partial charge < -0.3 is 20.3 Å². The summed E-state index contributed by atoms with van der Waals surface area (Å²) in [4.78, 5) is 11.7. The quantitative estimate of drug-likeness (QED) is 0.298. The Morgan fingerprint density at radius 1 is 0.943 bits per heavy atom. The minimum atomic E-state index is -0.961. The predicted molar refractivity (Wildman–Crippen MR) is 142 cm³/mol. The highest BCUT2D eigenvalue weighted by molar-refractivity contribution is 5.92. The number of benzene rings is 3. The highest BCUT2D eigenvalue weighted by Gasteiger charge is 2.19. The summed E-state index contributed by atoms with van der Waals surface area (Å²) in [6, 6.07) is 23.3. The number of halogens is 1. The molecule has 186 valence electrons. The molecule has 0 amide bonds. The Bertz CT molecular complexity index is 1070. The van der Waals surface area contributed by atoms with Gasteiger partial charge >= 0.3 is 5.97 Å². The van der Waals surface area contributed by atoms with Crippen molar-refractivity contribution in [2.45, 2.75) is 50.7 Å². The van der Waals surface area contributed by atoms with Crippen molar-refractivity contribution in [2.75, 3.05) is 13.1 Å². The van der Waals surface area contributed by atoms with E-state index < -0.39 is 12.1 Å². The van der Waals surface area contributed by atoms with Crippen LogP contribution in [0.5, 0.6) is 5.75 Å². The molecule has 1 atom stereocenters. The number of hydrogen-bond acceptors (Lipinski definition) is 4. The van der Waals surface area contributed by atoms with Crippen LogP contribution in [-0.2, 0) is 6.42 Å². The van der Waals surface area contributed by atoms with Crippen LogP contribution in [0.15, 0.2) is 72.8 Å². The molecule has 0 radical (unpaired) electrons. The van der Waals surface area contributed by atoms with E-state index in [1.165, 1.54) is 12.0 Å². The van der Waals surface area contributed by atoms with Crippen molar-refractivity contribution in [3.8, 4) is 16.9 Å². The fraction of sp³-hybridized carbons (Fsp3) is 0.345. The molecule has 3 aromatic rings. The number of aliphatic hydroxyl groups is 1. The van der Waals surface area contributed by atoms with Crippen LogP contribution >= 0.6 is 12.4 Å². The highest BCUT2D eigenvalue weighted by atomic mass is 35.5. The summed E-state index contributed by atoms with van der Waals surface area (Å²) < 4.78 is 6.14. The van der Waals surface area contributed by atoms with E-state index in [1.54, 1.807) is 6.07 Å². The summed E-state index contributed by atoms with van der Waals surface area (Å²) in [6.07, 6.45) is 5.89. The summed E-state index contributed by atoms with van der Waals surface area (Å²) in [5.74, 6) is -0.500.